The average Bonchev–Trinajstić information content (AvgIpc) is 3.08. The molecule has 2 aromatic carbocycles. The standard InChI is InChI=1S/C17H14Cl2N2O3/c1-23-11-7-5-10(6-8-11)14-9-15(24-21-14)17(22)20-16-12(18)3-2-4-13(16)19/h2-8,15H,9H2,1H3,(H,20,22). The first-order valence-corrected chi connectivity index (χ1v) is 7.96. The van der Waals surface area contributed by atoms with Crippen LogP contribution in [0.4, 0.5) is 5.69 Å². The molecule has 0 fully saturated rings. The van der Waals surface area contributed by atoms with Gasteiger partial charge in [-0.1, -0.05) is 34.4 Å². The van der Waals surface area contributed by atoms with Crippen LogP contribution >= 0.6 is 23.2 Å². The van der Waals surface area contributed by atoms with Crippen LogP contribution in [0.1, 0.15) is 12.0 Å². The smallest absolute Gasteiger partial charge is 0.268 e. The number of benzene rings is 2. The summed E-state index contributed by atoms with van der Waals surface area (Å²) >= 11 is 12.1. The summed E-state index contributed by atoms with van der Waals surface area (Å²) < 4.78 is 5.12. The second-order valence-electron chi connectivity index (χ2n) is 5.15. The molecule has 5 nitrogen and oxygen atoms in total. The number of nitrogens with zero attached hydrogens (tertiary/aromatic N) is 1. The summed E-state index contributed by atoms with van der Waals surface area (Å²) in [6.07, 6.45) is -0.366. The normalized spacial score (nSPS) is 16.3. The Balaban J connectivity index is 1.66. The number of rotatable bonds is 4. The number of para-hydroxylation sites is 1. The second kappa shape index (κ2) is 7.11. The highest BCUT2D eigenvalue weighted by atomic mass is 35.5. The lowest BCUT2D eigenvalue weighted by Gasteiger charge is -2.12. The number of carbonyl (C=O) groups excluding carboxylic acids is 1. The Morgan fingerprint density at radius 2 is 1.88 bits per heavy atom. The molecule has 1 aliphatic rings. The van der Waals surface area contributed by atoms with Crippen molar-refractivity contribution in [2.45, 2.75) is 12.5 Å². The summed E-state index contributed by atoms with van der Waals surface area (Å²) in [4.78, 5) is 17.6. The zero-order valence-electron chi connectivity index (χ0n) is 12.8. The molecule has 1 heterocycles. The molecule has 1 amide bonds. The topological polar surface area (TPSA) is 59.9 Å². The van der Waals surface area contributed by atoms with Crippen LogP contribution in [0, 0.1) is 0 Å². The molecule has 0 aliphatic carbocycles. The maximum atomic E-state index is 12.3. The first kappa shape index (κ1) is 16.6. The van der Waals surface area contributed by atoms with Gasteiger partial charge in [-0.25, -0.2) is 0 Å². The van der Waals surface area contributed by atoms with Crippen molar-refractivity contribution in [3.63, 3.8) is 0 Å². The third-order valence-electron chi connectivity index (χ3n) is 3.60. The summed E-state index contributed by atoms with van der Waals surface area (Å²) in [5, 5.41) is 7.42. The van der Waals surface area contributed by atoms with Crippen LogP contribution in [0.15, 0.2) is 47.6 Å². The highest BCUT2D eigenvalue weighted by Gasteiger charge is 2.29. The van der Waals surface area contributed by atoms with Crippen molar-refractivity contribution in [3.8, 4) is 5.75 Å². The van der Waals surface area contributed by atoms with E-state index in [9.17, 15) is 4.79 Å². The van der Waals surface area contributed by atoms with Gasteiger partial charge in [0.2, 0.25) is 6.10 Å². The molecule has 1 unspecified atom stereocenters. The van der Waals surface area contributed by atoms with Crippen LogP contribution in [0.5, 0.6) is 5.75 Å². The quantitative estimate of drug-likeness (QED) is 0.886. The van der Waals surface area contributed by atoms with Crippen molar-refractivity contribution in [1.29, 1.82) is 0 Å². The fourth-order valence-corrected chi connectivity index (χ4v) is 2.78. The first-order chi connectivity index (χ1) is 11.6. The van der Waals surface area contributed by atoms with E-state index in [1.807, 2.05) is 24.3 Å². The Morgan fingerprint density at radius 3 is 2.50 bits per heavy atom. The minimum atomic E-state index is -0.727. The summed E-state index contributed by atoms with van der Waals surface area (Å²) in [6.45, 7) is 0. The first-order valence-electron chi connectivity index (χ1n) is 7.20. The van der Waals surface area contributed by atoms with Crippen molar-refractivity contribution in [3.05, 3.63) is 58.1 Å². The molecule has 0 bridgehead atoms. The Labute approximate surface area is 149 Å². The third-order valence-corrected chi connectivity index (χ3v) is 4.23. The number of hydrogen-bond acceptors (Lipinski definition) is 4. The molecule has 0 saturated carbocycles. The molecule has 0 saturated heterocycles. The van der Waals surface area contributed by atoms with Crippen molar-refractivity contribution in [1.82, 2.24) is 0 Å². The van der Waals surface area contributed by atoms with Gasteiger partial charge in [-0.3, -0.25) is 4.79 Å². The number of amides is 1. The zero-order chi connectivity index (χ0) is 17.1. The van der Waals surface area contributed by atoms with E-state index in [1.165, 1.54) is 0 Å². The summed E-state index contributed by atoms with van der Waals surface area (Å²) in [7, 11) is 1.60. The van der Waals surface area contributed by atoms with Gasteiger partial charge in [0, 0.05) is 6.42 Å². The molecular weight excluding hydrogens is 351 g/mol. The van der Waals surface area contributed by atoms with E-state index in [-0.39, 0.29) is 5.91 Å². The van der Waals surface area contributed by atoms with Crippen molar-refractivity contribution < 1.29 is 14.4 Å². The predicted octanol–water partition coefficient (Wildman–Crippen LogP) is 4.13. The summed E-state index contributed by atoms with van der Waals surface area (Å²) in [6, 6.07) is 12.4. The van der Waals surface area contributed by atoms with Crippen molar-refractivity contribution >= 4 is 40.5 Å². The number of halogens is 2. The third kappa shape index (κ3) is 3.47. The molecule has 1 aliphatic heterocycles. The Bertz CT molecular complexity index is 771. The highest BCUT2D eigenvalue weighted by molar-refractivity contribution is 6.39. The maximum absolute atomic E-state index is 12.3. The van der Waals surface area contributed by atoms with E-state index >= 15 is 0 Å². The molecule has 0 aromatic heterocycles. The van der Waals surface area contributed by atoms with Crippen LogP contribution in [-0.2, 0) is 9.63 Å². The minimum Gasteiger partial charge on any atom is -0.497 e. The number of ether oxygens (including phenoxy) is 1. The zero-order valence-corrected chi connectivity index (χ0v) is 14.3. The fourth-order valence-electron chi connectivity index (χ4n) is 2.29. The number of methoxy groups -OCH3 is 1. The van der Waals surface area contributed by atoms with E-state index in [0.29, 0.717) is 27.9 Å². The number of anilines is 1. The molecule has 124 valence electrons. The largest absolute Gasteiger partial charge is 0.497 e. The Kier molecular flexibility index (Phi) is 4.92. The van der Waals surface area contributed by atoms with Gasteiger partial charge in [0.1, 0.15) is 5.75 Å². The van der Waals surface area contributed by atoms with E-state index in [1.54, 1.807) is 25.3 Å². The number of carbonyl (C=O) groups is 1. The fraction of sp³-hybridized carbons (Fsp3) is 0.176. The van der Waals surface area contributed by atoms with Crippen LogP contribution < -0.4 is 10.1 Å². The van der Waals surface area contributed by atoms with E-state index < -0.39 is 6.10 Å². The lowest BCUT2D eigenvalue weighted by molar-refractivity contribution is -0.125. The van der Waals surface area contributed by atoms with Gasteiger partial charge >= 0.3 is 0 Å². The molecule has 3 rings (SSSR count). The van der Waals surface area contributed by atoms with Crippen LogP contribution in [-0.4, -0.2) is 24.8 Å². The maximum Gasteiger partial charge on any atom is 0.268 e. The van der Waals surface area contributed by atoms with Gasteiger partial charge in [-0.2, -0.15) is 0 Å². The summed E-state index contributed by atoms with van der Waals surface area (Å²) in [5.41, 5.74) is 1.94. The molecule has 2 aromatic rings. The lowest BCUT2D eigenvalue weighted by Crippen LogP contribution is -2.28. The second-order valence-corrected chi connectivity index (χ2v) is 5.96. The average molecular weight is 365 g/mol. The predicted molar refractivity (Wildman–Crippen MR) is 94.1 cm³/mol. The van der Waals surface area contributed by atoms with Gasteiger partial charge in [0.25, 0.3) is 5.91 Å². The van der Waals surface area contributed by atoms with E-state index in [2.05, 4.69) is 10.5 Å². The SMILES string of the molecule is COc1ccc(C2=NOC(C(=O)Nc3c(Cl)cccc3Cl)C2)cc1. The van der Waals surface area contributed by atoms with Gasteiger partial charge in [-0.05, 0) is 42.0 Å². The number of oxime groups is 1. The van der Waals surface area contributed by atoms with Gasteiger partial charge in [0.05, 0.1) is 28.6 Å². The molecule has 1 atom stereocenters. The van der Waals surface area contributed by atoms with Crippen LogP contribution in [0.25, 0.3) is 0 Å². The molecular formula is C17H14Cl2N2O3. The highest BCUT2D eigenvalue weighted by Crippen LogP contribution is 2.30. The Morgan fingerprint density at radius 1 is 1.21 bits per heavy atom. The molecule has 1 N–H and O–H groups in total. The number of nitrogens with one attached hydrogen (secondary N) is 1. The number of hydrogen-bond donors (Lipinski definition) is 1. The monoisotopic (exact) mass is 364 g/mol. The minimum absolute atomic E-state index is 0.350. The van der Waals surface area contributed by atoms with Crippen molar-refractivity contribution in [2.24, 2.45) is 5.16 Å². The van der Waals surface area contributed by atoms with E-state index in [4.69, 9.17) is 32.8 Å². The van der Waals surface area contributed by atoms with Crippen LogP contribution in [0.2, 0.25) is 10.0 Å². The van der Waals surface area contributed by atoms with Crippen LogP contribution in [0.3, 0.4) is 0 Å². The molecule has 0 spiro atoms. The van der Waals surface area contributed by atoms with E-state index in [0.717, 1.165) is 11.3 Å². The molecule has 0 radical (unpaired) electrons. The van der Waals surface area contributed by atoms with Gasteiger partial charge in [-0.15, -0.1) is 0 Å². The molecule has 24 heavy (non-hydrogen) atoms. The van der Waals surface area contributed by atoms with Gasteiger partial charge in [0.15, 0.2) is 0 Å². The van der Waals surface area contributed by atoms with Gasteiger partial charge < -0.3 is 14.9 Å². The summed E-state index contributed by atoms with van der Waals surface area (Å²) in [5.74, 6) is 0.401. The van der Waals surface area contributed by atoms with Crippen molar-refractivity contribution in [2.75, 3.05) is 12.4 Å². The lowest BCUT2D eigenvalue weighted by atomic mass is 10.0. The Hall–Kier alpha value is -2.24. The molecule has 7 heteroatoms.